The number of nitro groups is 1. The first kappa shape index (κ1) is 24.1. The number of para-hydroxylation sites is 2. The highest BCUT2D eigenvalue weighted by Gasteiger charge is 2.39. The number of methoxy groups -OCH3 is 2. The van der Waals surface area contributed by atoms with Crippen LogP contribution in [0.5, 0.6) is 23.0 Å². The Hall–Kier alpha value is -3.51. The van der Waals surface area contributed by atoms with Crippen LogP contribution in [0.4, 0.5) is 0 Å². The van der Waals surface area contributed by atoms with Gasteiger partial charge in [-0.2, -0.15) is 5.26 Å². The van der Waals surface area contributed by atoms with E-state index in [1.165, 1.54) is 14.2 Å². The van der Waals surface area contributed by atoms with E-state index >= 15 is 0 Å². The second kappa shape index (κ2) is 10.4. The summed E-state index contributed by atoms with van der Waals surface area (Å²) < 4.78 is 21.9. The Morgan fingerprint density at radius 3 is 2.33 bits per heavy atom. The Balaban J connectivity index is 1.72. The van der Waals surface area contributed by atoms with Crippen LogP contribution in [0.15, 0.2) is 42.5 Å². The van der Waals surface area contributed by atoms with Gasteiger partial charge < -0.3 is 24.1 Å². The number of fused-ring (bicyclic) bond motifs is 1. The van der Waals surface area contributed by atoms with Gasteiger partial charge in [0.05, 0.1) is 32.1 Å². The Labute approximate surface area is 192 Å². The molecule has 0 fully saturated rings. The average Bonchev–Trinajstić information content (AvgIpc) is 3.25. The normalized spacial score (nSPS) is 16.3. The summed E-state index contributed by atoms with van der Waals surface area (Å²) in [6.45, 7) is 1.87. The van der Waals surface area contributed by atoms with Gasteiger partial charge in [-0.15, -0.1) is 0 Å². The molecule has 2 aromatic carbocycles. The van der Waals surface area contributed by atoms with E-state index in [-0.39, 0.29) is 19.3 Å². The van der Waals surface area contributed by atoms with E-state index in [0.29, 0.717) is 35.0 Å². The lowest BCUT2D eigenvalue weighted by Crippen LogP contribution is -2.40. The van der Waals surface area contributed by atoms with E-state index in [9.17, 15) is 20.5 Å². The molecule has 1 N–H and O–H groups in total. The molecular formula is C24H28N2O7. The molecule has 9 nitrogen and oxygen atoms in total. The molecule has 2 aromatic rings. The Morgan fingerprint density at radius 2 is 1.82 bits per heavy atom. The van der Waals surface area contributed by atoms with Crippen LogP contribution in [0.3, 0.4) is 0 Å². The maximum Gasteiger partial charge on any atom is 0.248 e. The number of ether oxygens (including phenoxy) is 4. The molecule has 176 valence electrons. The van der Waals surface area contributed by atoms with Crippen molar-refractivity contribution >= 4 is 0 Å². The third-order valence-electron chi connectivity index (χ3n) is 6.14. The quantitative estimate of drug-likeness (QED) is 0.399. The minimum atomic E-state index is -1.30. The fourth-order valence-electron chi connectivity index (χ4n) is 4.07. The predicted molar refractivity (Wildman–Crippen MR) is 119 cm³/mol. The van der Waals surface area contributed by atoms with E-state index in [0.717, 1.165) is 0 Å². The van der Waals surface area contributed by atoms with Crippen molar-refractivity contribution in [3.8, 4) is 29.1 Å². The Kier molecular flexibility index (Phi) is 7.61. The summed E-state index contributed by atoms with van der Waals surface area (Å²) in [5.74, 6) is 2.06. The zero-order valence-electron chi connectivity index (χ0n) is 18.9. The molecule has 9 heteroatoms. The van der Waals surface area contributed by atoms with Gasteiger partial charge in [0.2, 0.25) is 12.3 Å². The van der Waals surface area contributed by atoms with Crippen LogP contribution < -0.4 is 18.9 Å². The molecular weight excluding hydrogens is 428 g/mol. The lowest BCUT2D eigenvalue weighted by molar-refractivity contribution is -0.538. The fraction of sp³-hybridized carbons (Fsp3) is 0.458. The minimum absolute atomic E-state index is 0.0566. The molecule has 3 rings (SSSR count). The summed E-state index contributed by atoms with van der Waals surface area (Å²) in [6.07, 6.45) is -1.51. The lowest BCUT2D eigenvalue weighted by atomic mass is 9.74. The monoisotopic (exact) mass is 456 g/mol. The molecule has 0 saturated heterocycles. The van der Waals surface area contributed by atoms with Crippen molar-refractivity contribution in [2.45, 2.75) is 56.5 Å². The van der Waals surface area contributed by atoms with E-state index in [1.54, 1.807) is 42.5 Å². The zero-order chi connectivity index (χ0) is 24.0. The Morgan fingerprint density at radius 1 is 1.18 bits per heavy atom. The Bertz CT molecular complexity index is 997. The highest BCUT2D eigenvalue weighted by Crippen LogP contribution is 2.39. The lowest BCUT2D eigenvalue weighted by Gasteiger charge is -2.28. The molecule has 0 amide bonds. The molecule has 1 aliphatic rings. The van der Waals surface area contributed by atoms with E-state index in [1.807, 2.05) is 6.92 Å². The van der Waals surface area contributed by atoms with E-state index < -0.39 is 28.8 Å². The van der Waals surface area contributed by atoms with Crippen molar-refractivity contribution < 1.29 is 29.0 Å². The molecule has 0 aromatic heterocycles. The number of aliphatic hydroxyl groups is 1. The zero-order valence-corrected chi connectivity index (χ0v) is 18.9. The minimum Gasteiger partial charge on any atom is -0.493 e. The third-order valence-corrected chi connectivity index (χ3v) is 6.14. The van der Waals surface area contributed by atoms with Crippen molar-refractivity contribution in [1.82, 2.24) is 0 Å². The number of benzene rings is 2. The fourth-order valence-corrected chi connectivity index (χ4v) is 4.07. The molecule has 0 bridgehead atoms. The van der Waals surface area contributed by atoms with Gasteiger partial charge in [-0.05, 0) is 49.1 Å². The van der Waals surface area contributed by atoms with Crippen molar-refractivity contribution in [3.05, 3.63) is 58.1 Å². The topological polar surface area (TPSA) is 124 Å². The summed E-state index contributed by atoms with van der Waals surface area (Å²) in [6, 6.07) is 13.3. The van der Waals surface area contributed by atoms with E-state index in [4.69, 9.17) is 18.9 Å². The van der Waals surface area contributed by atoms with Gasteiger partial charge in [-0.3, -0.25) is 10.1 Å². The van der Waals surface area contributed by atoms with Crippen LogP contribution in [0.25, 0.3) is 0 Å². The molecule has 0 radical (unpaired) electrons. The van der Waals surface area contributed by atoms with Gasteiger partial charge in [0, 0.05) is 4.92 Å². The van der Waals surface area contributed by atoms with Crippen molar-refractivity contribution in [1.29, 1.82) is 5.26 Å². The number of hydrogen-bond donors (Lipinski definition) is 1. The van der Waals surface area contributed by atoms with Gasteiger partial charge in [-0.25, -0.2) is 0 Å². The van der Waals surface area contributed by atoms with Crippen LogP contribution in [-0.2, 0) is 5.41 Å². The number of nitrogens with zero attached hydrogens (tertiary/aromatic N) is 2. The van der Waals surface area contributed by atoms with E-state index in [2.05, 4.69) is 6.07 Å². The van der Waals surface area contributed by atoms with Gasteiger partial charge >= 0.3 is 0 Å². The summed E-state index contributed by atoms with van der Waals surface area (Å²) in [5, 5.41) is 32.5. The standard InChI is InChI=1S/C24H28N2O7/c1-4-24(15-25,16-9-10-19(30-2)22(13-16)31-3)12-11-18(27)17(26(28)29)14-23-32-20-7-5-6-8-21(20)33-23/h5-10,13,17-18,23,27H,4,11-12,14H2,1-3H3. The first-order valence-corrected chi connectivity index (χ1v) is 10.7. The highest BCUT2D eigenvalue weighted by atomic mass is 16.7. The second-order valence-electron chi connectivity index (χ2n) is 7.92. The van der Waals surface area contributed by atoms with Crippen LogP contribution in [-0.4, -0.2) is 42.7 Å². The molecule has 33 heavy (non-hydrogen) atoms. The number of nitriles is 1. The van der Waals surface area contributed by atoms with Gasteiger partial charge in [0.15, 0.2) is 23.0 Å². The van der Waals surface area contributed by atoms with Crippen LogP contribution in [0.1, 0.15) is 38.2 Å². The summed E-state index contributed by atoms with van der Waals surface area (Å²) in [5.41, 5.74) is -0.244. The third kappa shape index (κ3) is 5.12. The van der Waals surface area contributed by atoms with Gasteiger partial charge in [0.1, 0.15) is 6.10 Å². The maximum absolute atomic E-state index is 11.7. The number of rotatable bonds is 11. The average molecular weight is 456 g/mol. The predicted octanol–water partition coefficient (Wildman–Crippen LogP) is 3.85. The maximum atomic E-state index is 11.7. The number of hydrogen-bond acceptors (Lipinski definition) is 8. The number of aliphatic hydroxyl groups excluding tert-OH is 1. The molecule has 0 spiro atoms. The first-order chi connectivity index (χ1) is 15.9. The molecule has 1 aliphatic heterocycles. The highest BCUT2D eigenvalue weighted by molar-refractivity contribution is 5.47. The smallest absolute Gasteiger partial charge is 0.248 e. The largest absolute Gasteiger partial charge is 0.493 e. The van der Waals surface area contributed by atoms with Crippen LogP contribution in [0.2, 0.25) is 0 Å². The van der Waals surface area contributed by atoms with Crippen molar-refractivity contribution in [2.75, 3.05) is 14.2 Å². The summed E-state index contributed by atoms with van der Waals surface area (Å²) in [4.78, 5) is 11.2. The molecule has 3 unspecified atom stereocenters. The molecule has 0 saturated carbocycles. The SMILES string of the molecule is CCC(C#N)(CCC(O)C(CC1Oc2ccccc2O1)[N+](=O)[O-])c1ccc(OC)c(OC)c1. The molecule has 1 heterocycles. The molecule has 0 aliphatic carbocycles. The van der Waals surface area contributed by atoms with Crippen LogP contribution >= 0.6 is 0 Å². The summed E-state index contributed by atoms with van der Waals surface area (Å²) >= 11 is 0. The molecule has 3 atom stereocenters. The second-order valence-corrected chi connectivity index (χ2v) is 7.92. The van der Waals surface area contributed by atoms with Gasteiger partial charge in [0.25, 0.3) is 0 Å². The first-order valence-electron chi connectivity index (χ1n) is 10.7. The van der Waals surface area contributed by atoms with Crippen molar-refractivity contribution in [3.63, 3.8) is 0 Å². The van der Waals surface area contributed by atoms with Crippen molar-refractivity contribution in [2.24, 2.45) is 0 Å². The van der Waals surface area contributed by atoms with Gasteiger partial charge in [-0.1, -0.05) is 25.1 Å². The summed E-state index contributed by atoms with van der Waals surface area (Å²) in [7, 11) is 3.04. The van der Waals surface area contributed by atoms with Crippen LogP contribution in [0, 0.1) is 21.4 Å².